The SMILES string of the molecule is COc1ccc(C(=O)NC2CC(C)(C)NC(C)(C)C2)c(OC)c1. The summed E-state index contributed by atoms with van der Waals surface area (Å²) >= 11 is 0. The molecular weight excluding hydrogens is 292 g/mol. The number of carbonyl (C=O) groups excluding carboxylic acids is 1. The molecule has 128 valence electrons. The molecule has 0 spiro atoms. The highest BCUT2D eigenvalue weighted by molar-refractivity contribution is 5.97. The van der Waals surface area contributed by atoms with E-state index in [1.807, 2.05) is 0 Å². The summed E-state index contributed by atoms with van der Waals surface area (Å²) in [5, 5.41) is 6.78. The number of benzene rings is 1. The lowest BCUT2D eigenvalue weighted by Crippen LogP contribution is -2.62. The number of hydrogen-bond donors (Lipinski definition) is 2. The van der Waals surface area contributed by atoms with Crippen molar-refractivity contribution < 1.29 is 14.3 Å². The predicted molar refractivity (Wildman–Crippen MR) is 91.3 cm³/mol. The van der Waals surface area contributed by atoms with Crippen LogP contribution in [0.4, 0.5) is 0 Å². The molecule has 0 bridgehead atoms. The van der Waals surface area contributed by atoms with E-state index in [1.165, 1.54) is 0 Å². The molecule has 23 heavy (non-hydrogen) atoms. The van der Waals surface area contributed by atoms with Gasteiger partial charge in [0.15, 0.2) is 0 Å². The summed E-state index contributed by atoms with van der Waals surface area (Å²) in [7, 11) is 3.15. The summed E-state index contributed by atoms with van der Waals surface area (Å²) in [5.41, 5.74) is 0.510. The van der Waals surface area contributed by atoms with E-state index in [4.69, 9.17) is 9.47 Å². The molecule has 1 amide bonds. The van der Waals surface area contributed by atoms with Gasteiger partial charge in [-0.3, -0.25) is 4.79 Å². The van der Waals surface area contributed by atoms with Crippen molar-refractivity contribution in [2.24, 2.45) is 0 Å². The molecule has 2 N–H and O–H groups in total. The maximum atomic E-state index is 12.7. The summed E-state index contributed by atoms with van der Waals surface area (Å²) < 4.78 is 10.5. The Morgan fingerprint density at radius 2 is 1.74 bits per heavy atom. The summed E-state index contributed by atoms with van der Waals surface area (Å²) in [5.74, 6) is 1.08. The van der Waals surface area contributed by atoms with E-state index >= 15 is 0 Å². The molecule has 1 aliphatic heterocycles. The Balaban J connectivity index is 2.16. The molecule has 0 aromatic heterocycles. The van der Waals surface area contributed by atoms with E-state index < -0.39 is 0 Å². The normalized spacial score (nSPS) is 19.9. The number of rotatable bonds is 4. The van der Waals surface area contributed by atoms with Crippen molar-refractivity contribution in [2.45, 2.75) is 57.7 Å². The average Bonchev–Trinajstić information content (AvgIpc) is 2.42. The third-order valence-corrected chi connectivity index (χ3v) is 4.18. The minimum Gasteiger partial charge on any atom is -0.497 e. The van der Waals surface area contributed by atoms with Crippen molar-refractivity contribution in [1.29, 1.82) is 0 Å². The maximum absolute atomic E-state index is 12.7. The van der Waals surface area contributed by atoms with Gasteiger partial charge in [-0.15, -0.1) is 0 Å². The van der Waals surface area contributed by atoms with Crippen LogP contribution in [0.3, 0.4) is 0 Å². The van der Waals surface area contributed by atoms with Crippen LogP contribution in [-0.4, -0.2) is 37.2 Å². The molecule has 5 nitrogen and oxygen atoms in total. The second-order valence-corrected chi connectivity index (χ2v) is 7.54. The van der Waals surface area contributed by atoms with Crippen LogP contribution in [0.2, 0.25) is 0 Å². The van der Waals surface area contributed by atoms with Crippen LogP contribution in [0.15, 0.2) is 18.2 Å². The minimum atomic E-state index is -0.108. The summed E-state index contributed by atoms with van der Waals surface area (Å²) in [6, 6.07) is 5.36. The first kappa shape index (κ1) is 17.6. The third-order valence-electron chi connectivity index (χ3n) is 4.18. The second-order valence-electron chi connectivity index (χ2n) is 7.54. The fourth-order valence-electron chi connectivity index (χ4n) is 3.67. The number of ether oxygens (including phenoxy) is 2. The van der Waals surface area contributed by atoms with E-state index in [0.29, 0.717) is 17.1 Å². The fraction of sp³-hybridized carbons (Fsp3) is 0.611. The second kappa shape index (κ2) is 6.40. The quantitative estimate of drug-likeness (QED) is 0.895. The van der Waals surface area contributed by atoms with Gasteiger partial charge in [0.05, 0.1) is 19.8 Å². The van der Waals surface area contributed by atoms with Gasteiger partial charge in [-0.05, 0) is 52.7 Å². The Morgan fingerprint density at radius 1 is 1.13 bits per heavy atom. The smallest absolute Gasteiger partial charge is 0.255 e. The van der Waals surface area contributed by atoms with E-state index in [-0.39, 0.29) is 23.0 Å². The zero-order valence-electron chi connectivity index (χ0n) is 14.9. The van der Waals surface area contributed by atoms with Crippen molar-refractivity contribution in [1.82, 2.24) is 10.6 Å². The van der Waals surface area contributed by atoms with Crippen LogP contribution >= 0.6 is 0 Å². The number of amides is 1. The molecule has 1 heterocycles. The van der Waals surface area contributed by atoms with Crippen LogP contribution in [-0.2, 0) is 0 Å². The maximum Gasteiger partial charge on any atom is 0.255 e. The standard InChI is InChI=1S/C18H28N2O3/c1-17(2)10-12(11-18(3,4)20-17)19-16(21)14-8-7-13(22-5)9-15(14)23-6/h7-9,12,20H,10-11H2,1-6H3,(H,19,21). The Hall–Kier alpha value is -1.75. The first-order valence-electron chi connectivity index (χ1n) is 7.98. The number of piperidine rings is 1. The summed E-state index contributed by atoms with van der Waals surface area (Å²) in [6.45, 7) is 8.67. The highest BCUT2D eigenvalue weighted by atomic mass is 16.5. The monoisotopic (exact) mass is 320 g/mol. The zero-order chi connectivity index (χ0) is 17.3. The van der Waals surface area contributed by atoms with Crippen LogP contribution in [0.1, 0.15) is 50.9 Å². The molecule has 1 aliphatic rings. The number of carbonyl (C=O) groups is 1. The molecule has 1 saturated heterocycles. The van der Waals surface area contributed by atoms with E-state index in [1.54, 1.807) is 32.4 Å². The van der Waals surface area contributed by atoms with Crippen molar-refractivity contribution >= 4 is 5.91 Å². The summed E-state index contributed by atoms with van der Waals surface area (Å²) in [4.78, 5) is 12.7. The van der Waals surface area contributed by atoms with Crippen LogP contribution in [0, 0.1) is 0 Å². The van der Waals surface area contributed by atoms with Gasteiger partial charge < -0.3 is 20.1 Å². The van der Waals surface area contributed by atoms with Gasteiger partial charge in [0, 0.05) is 23.2 Å². The van der Waals surface area contributed by atoms with E-state index in [2.05, 4.69) is 38.3 Å². The van der Waals surface area contributed by atoms with Crippen molar-refractivity contribution in [2.75, 3.05) is 14.2 Å². The summed E-state index contributed by atoms with van der Waals surface area (Å²) in [6.07, 6.45) is 1.78. The molecule has 0 atom stereocenters. The Morgan fingerprint density at radius 3 is 2.26 bits per heavy atom. The molecule has 5 heteroatoms. The van der Waals surface area contributed by atoms with Gasteiger partial charge in [-0.25, -0.2) is 0 Å². The Bertz CT molecular complexity index is 566. The number of hydrogen-bond acceptors (Lipinski definition) is 4. The van der Waals surface area contributed by atoms with Crippen molar-refractivity contribution in [3.8, 4) is 11.5 Å². The Labute approximate surface area is 138 Å². The van der Waals surface area contributed by atoms with Crippen LogP contribution < -0.4 is 20.1 Å². The zero-order valence-corrected chi connectivity index (χ0v) is 14.9. The van der Waals surface area contributed by atoms with Gasteiger partial charge in [-0.2, -0.15) is 0 Å². The lowest BCUT2D eigenvalue weighted by molar-refractivity contribution is 0.0870. The highest BCUT2D eigenvalue weighted by Gasteiger charge is 2.38. The van der Waals surface area contributed by atoms with Crippen molar-refractivity contribution in [3.05, 3.63) is 23.8 Å². The van der Waals surface area contributed by atoms with Crippen LogP contribution in [0.25, 0.3) is 0 Å². The van der Waals surface area contributed by atoms with Crippen LogP contribution in [0.5, 0.6) is 11.5 Å². The molecule has 0 unspecified atom stereocenters. The van der Waals surface area contributed by atoms with Gasteiger partial charge in [0.25, 0.3) is 5.91 Å². The first-order chi connectivity index (χ1) is 10.7. The predicted octanol–water partition coefficient (Wildman–Crippen LogP) is 2.74. The molecule has 0 radical (unpaired) electrons. The molecule has 1 aromatic carbocycles. The molecule has 1 fully saturated rings. The lowest BCUT2D eigenvalue weighted by Gasteiger charge is -2.46. The fourth-order valence-corrected chi connectivity index (χ4v) is 3.67. The largest absolute Gasteiger partial charge is 0.497 e. The topological polar surface area (TPSA) is 59.6 Å². The number of nitrogens with one attached hydrogen (secondary N) is 2. The highest BCUT2D eigenvalue weighted by Crippen LogP contribution is 2.30. The molecular formula is C18H28N2O3. The van der Waals surface area contributed by atoms with Gasteiger partial charge in [0.1, 0.15) is 11.5 Å². The average molecular weight is 320 g/mol. The molecule has 1 aromatic rings. The van der Waals surface area contributed by atoms with Gasteiger partial charge >= 0.3 is 0 Å². The van der Waals surface area contributed by atoms with E-state index in [0.717, 1.165) is 12.8 Å². The molecule has 0 saturated carbocycles. The van der Waals surface area contributed by atoms with Gasteiger partial charge in [0.2, 0.25) is 0 Å². The molecule has 0 aliphatic carbocycles. The first-order valence-corrected chi connectivity index (χ1v) is 7.98. The number of methoxy groups -OCH3 is 2. The van der Waals surface area contributed by atoms with Crippen molar-refractivity contribution in [3.63, 3.8) is 0 Å². The van der Waals surface area contributed by atoms with E-state index in [9.17, 15) is 4.79 Å². The lowest BCUT2D eigenvalue weighted by atomic mass is 9.79. The van der Waals surface area contributed by atoms with Gasteiger partial charge in [-0.1, -0.05) is 0 Å². The Kier molecular flexibility index (Phi) is 4.90. The minimum absolute atomic E-state index is 0.0102. The third kappa shape index (κ3) is 4.38. The molecule has 2 rings (SSSR count).